The lowest BCUT2D eigenvalue weighted by Crippen LogP contribution is -2.54. The molecule has 0 aliphatic carbocycles. The lowest BCUT2D eigenvalue weighted by Gasteiger charge is -2.38. The van der Waals surface area contributed by atoms with Gasteiger partial charge >= 0.3 is 5.97 Å². The third-order valence-corrected chi connectivity index (χ3v) is 3.26. The molecule has 0 saturated heterocycles. The zero-order valence-electron chi connectivity index (χ0n) is 12.9. The average molecular weight is 308 g/mol. The maximum atomic E-state index is 12.5. The third-order valence-electron chi connectivity index (χ3n) is 3.26. The second-order valence-corrected chi connectivity index (χ2v) is 5.41. The van der Waals surface area contributed by atoms with E-state index in [1.54, 1.807) is 32.0 Å². The molecule has 0 unspecified atom stereocenters. The molecule has 1 amide bonds. The van der Waals surface area contributed by atoms with Gasteiger partial charge in [0.25, 0.3) is 5.91 Å². The lowest BCUT2D eigenvalue weighted by atomic mass is 10.0. The maximum Gasteiger partial charge on any atom is 0.326 e. The molecule has 0 spiro atoms. The molecule has 7 nitrogen and oxygen atoms in total. The van der Waals surface area contributed by atoms with Crippen molar-refractivity contribution in [3.63, 3.8) is 0 Å². The Balaban J connectivity index is 2.25. The number of rotatable bonds is 5. The van der Waals surface area contributed by atoms with Gasteiger partial charge in [-0.15, -0.1) is 0 Å². The van der Waals surface area contributed by atoms with Crippen LogP contribution in [0.5, 0.6) is 5.75 Å². The van der Waals surface area contributed by atoms with Crippen molar-refractivity contribution in [2.75, 3.05) is 37.5 Å². The number of nitrogen functional groups attached to an aromatic ring is 1. The van der Waals surface area contributed by atoms with Gasteiger partial charge in [0.05, 0.1) is 12.3 Å². The first-order valence-electron chi connectivity index (χ1n) is 6.91. The number of anilines is 2. The highest BCUT2D eigenvalue weighted by Crippen LogP contribution is 2.41. The van der Waals surface area contributed by atoms with E-state index >= 15 is 0 Å². The summed E-state index contributed by atoms with van der Waals surface area (Å²) in [5, 5.41) is 0. The normalized spacial score (nSPS) is 16.0. The van der Waals surface area contributed by atoms with Crippen LogP contribution in [0.2, 0.25) is 0 Å². The zero-order chi connectivity index (χ0) is 16.3. The SMILES string of the molecule is COCCOC(=O)CN1C(=O)C(C)(C)Oc2cccc(N)c21. The van der Waals surface area contributed by atoms with E-state index in [1.165, 1.54) is 12.0 Å². The first-order valence-corrected chi connectivity index (χ1v) is 6.91. The predicted octanol–water partition coefficient (Wildman–Crippen LogP) is 0.962. The van der Waals surface area contributed by atoms with Crippen LogP contribution in [0.25, 0.3) is 0 Å². The molecule has 1 aliphatic heterocycles. The van der Waals surface area contributed by atoms with E-state index < -0.39 is 11.6 Å². The molecule has 120 valence electrons. The molecular formula is C15H20N2O5. The average Bonchev–Trinajstić information content (AvgIpc) is 2.44. The van der Waals surface area contributed by atoms with Gasteiger partial charge in [-0.3, -0.25) is 14.5 Å². The summed E-state index contributed by atoms with van der Waals surface area (Å²) in [6, 6.07) is 5.09. The Kier molecular flexibility index (Phi) is 4.56. The van der Waals surface area contributed by atoms with Gasteiger partial charge in [-0.1, -0.05) is 6.07 Å². The van der Waals surface area contributed by atoms with Gasteiger partial charge in [0.1, 0.15) is 24.6 Å². The van der Waals surface area contributed by atoms with Gasteiger partial charge < -0.3 is 19.9 Å². The molecule has 0 saturated carbocycles. The van der Waals surface area contributed by atoms with E-state index in [1.807, 2.05) is 0 Å². The molecule has 0 aromatic heterocycles. The standard InChI is InChI=1S/C15H20N2O5/c1-15(2)14(19)17(9-12(18)21-8-7-20-3)13-10(16)5-4-6-11(13)22-15/h4-6H,7-9,16H2,1-3H3. The van der Waals surface area contributed by atoms with Gasteiger partial charge in [-0.05, 0) is 26.0 Å². The van der Waals surface area contributed by atoms with Gasteiger partial charge in [-0.25, -0.2) is 0 Å². The molecule has 2 rings (SSSR count). The van der Waals surface area contributed by atoms with Crippen LogP contribution in [0.1, 0.15) is 13.8 Å². The Labute approximate surface area is 128 Å². The smallest absolute Gasteiger partial charge is 0.326 e. The highest BCUT2D eigenvalue weighted by molar-refractivity contribution is 6.07. The van der Waals surface area contributed by atoms with Crippen molar-refractivity contribution in [1.82, 2.24) is 0 Å². The molecular weight excluding hydrogens is 288 g/mol. The van der Waals surface area contributed by atoms with E-state index in [0.29, 0.717) is 23.7 Å². The second kappa shape index (κ2) is 6.23. The van der Waals surface area contributed by atoms with Crippen molar-refractivity contribution in [2.45, 2.75) is 19.4 Å². The fourth-order valence-corrected chi connectivity index (χ4v) is 2.22. The number of hydrogen-bond donors (Lipinski definition) is 1. The fraction of sp³-hybridized carbons (Fsp3) is 0.467. The molecule has 22 heavy (non-hydrogen) atoms. The van der Waals surface area contributed by atoms with Crippen molar-refractivity contribution in [3.05, 3.63) is 18.2 Å². The summed E-state index contributed by atoms with van der Waals surface area (Å²) < 4.78 is 15.5. The number of fused-ring (bicyclic) bond motifs is 1. The van der Waals surface area contributed by atoms with Crippen molar-refractivity contribution in [3.8, 4) is 5.75 Å². The zero-order valence-corrected chi connectivity index (χ0v) is 12.9. The monoisotopic (exact) mass is 308 g/mol. The van der Waals surface area contributed by atoms with E-state index in [4.69, 9.17) is 19.9 Å². The van der Waals surface area contributed by atoms with E-state index in [9.17, 15) is 9.59 Å². The van der Waals surface area contributed by atoms with Gasteiger partial charge in [0.15, 0.2) is 5.60 Å². The van der Waals surface area contributed by atoms with Crippen LogP contribution in [0.3, 0.4) is 0 Å². The summed E-state index contributed by atoms with van der Waals surface area (Å²) in [7, 11) is 1.51. The topological polar surface area (TPSA) is 91.1 Å². The van der Waals surface area contributed by atoms with Gasteiger partial charge in [0.2, 0.25) is 0 Å². The molecule has 1 heterocycles. The van der Waals surface area contributed by atoms with Crippen LogP contribution < -0.4 is 15.4 Å². The van der Waals surface area contributed by atoms with Crippen LogP contribution in [0, 0.1) is 0 Å². The van der Waals surface area contributed by atoms with Gasteiger partial charge in [0, 0.05) is 7.11 Å². The number of hydrogen-bond acceptors (Lipinski definition) is 6. The molecule has 1 aromatic carbocycles. The Morgan fingerprint density at radius 2 is 2.09 bits per heavy atom. The highest BCUT2D eigenvalue weighted by Gasteiger charge is 2.42. The number of benzene rings is 1. The molecule has 0 fully saturated rings. The molecule has 7 heteroatoms. The number of carbonyl (C=O) groups excluding carboxylic acids is 2. The summed E-state index contributed by atoms with van der Waals surface area (Å²) in [5.74, 6) is -0.409. The predicted molar refractivity (Wildman–Crippen MR) is 80.7 cm³/mol. The minimum atomic E-state index is -1.08. The van der Waals surface area contributed by atoms with E-state index in [-0.39, 0.29) is 19.1 Å². The van der Waals surface area contributed by atoms with Crippen LogP contribution >= 0.6 is 0 Å². The molecule has 0 bridgehead atoms. The first kappa shape index (κ1) is 16.1. The summed E-state index contributed by atoms with van der Waals surface area (Å²) in [5.41, 5.74) is 5.62. The van der Waals surface area contributed by atoms with Crippen molar-refractivity contribution < 1.29 is 23.8 Å². The van der Waals surface area contributed by atoms with Crippen LogP contribution in [-0.4, -0.2) is 44.3 Å². The molecule has 1 aliphatic rings. The Bertz CT molecular complexity index is 585. The molecule has 1 aromatic rings. The number of nitrogens with two attached hydrogens (primary N) is 1. The Morgan fingerprint density at radius 1 is 1.36 bits per heavy atom. The summed E-state index contributed by atoms with van der Waals surface area (Å²) >= 11 is 0. The van der Waals surface area contributed by atoms with E-state index in [2.05, 4.69) is 0 Å². The van der Waals surface area contributed by atoms with Crippen molar-refractivity contribution >= 4 is 23.3 Å². The summed E-state index contributed by atoms with van der Waals surface area (Å²) in [4.78, 5) is 25.8. The number of carbonyl (C=O) groups is 2. The summed E-state index contributed by atoms with van der Waals surface area (Å²) in [6.45, 7) is 3.49. The molecule has 2 N–H and O–H groups in total. The van der Waals surface area contributed by atoms with Gasteiger partial charge in [-0.2, -0.15) is 0 Å². The van der Waals surface area contributed by atoms with Crippen molar-refractivity contribution in [1.29, 1.82) is 0 Å². The largest absolute Gasteiger partial charge is 0.476 e. The fourth-order valence-electron chi connectivity index (χ4n) is 2.22. The third kappa shape index (κ3) is 3.14. The lowest BCUT2D eigenvalue weighted by molar-refractivity contribution is -0.145. The first-order chi connectivity index (χ1) is 10.4. The minimum Gasteiger partial charge on any atom is -0.476 e. The number of nitrogens with zero attached hydrogens (tertiary/aromatic N) is 1. The second-order valence-electron chi connectivity index (χ2n) is 5.41. The number of esters is 1. The van der Waals surface area contributed by atoms with E-state index in [0.717, 1.165) is 0 Å². The number of amides is 1. The number of ether oxygens (including phenoxy) is 3. The highest BCUT2D eigenvalue weighted by atomic mass is 16.6. The maximum absolute atomic E-state index is 12.5. The Hall–Kier alpha value is -2.28. The number of methoxy groups -OCH3 is 1. The van der Waals surface area contributed by atoms with Crippen LogP contribution in [0.4, 0.5) is 11.4 Å². The quantitative estimate of drug-likeness (QED) is 0.495. The summed E-state index contributed by atoms with van der Waals surface area (Å²) in [6.07, 6.45) is 0. The van der Waals surface area contributed by atoms with Crippen LogP contribution in [0.15, 0.2) is 18.2 Å². The van der Waals surface area contributed by atoms with Crippen molar-refractivity contribution in [2.24, 2.45) is 0 Å². The minimum absolute atomic E-state index is 0.133. The molecule has 0 radical (unpaired) electrons. The molecule has 0 atom stereocenters. The number of para-hydroxylation sites is 1. The van der Waals surface area contributed by atoms with Crippen LogP contribution in [-0.2, 0) is 19.1 Å². The Morgan fingerprint density at radius 3 is 2.77 bits per heavy atom.